The first-order valence-corrected chi connectivity index (χ1v) is 9.02. The molecule has 0 bridgehead atoms. The van der Waals surface area contributed by atoms with Gasteiger partial charge in [-0.25, -0.2) is 18.3 Å². The Morgan fingerprint density at radius 3 is 2.62 bits per heavy atom. The molecular weight excluding hydrogens is 384 g/mol. The van der Waals surface area contributed by atoms with E-state index in [1.165, 1.54) is 12.3 Å². The first-order valence-electron chi connectivity index (χ1n) is 9.02. The summed E-state index contributed by atoms with van der Waals surface area (Å²) in [5.41, 5.74) is 0.0351. The van der Waals surface area contributed by atoms with Crippen molar-refractivity contribution in [1.29, 1.82) is 0 Å². The number of aromatic amines is 1. The highest BCUT2D eigenvalue weighted by Gasteiger charge is 2.31. The molecule has 1 atom stereocenters. The molecule has 1 fully saturated rings. The highest BCUT2D eigenvalue weighted by molar-refractivity contribution is 6.08. The van der Waals surface area contributed by atoms with E-state index in [1.807, 2.05) is 6.92 Å². The van der Waals surface area contributed by atoms with E-state index < -0.39 is 23.1 Å². The molecule has 3 aromatic rings. The molecule has 3 heterocycles. The molecule has 0 aliphatic carbocycles. The average Bonchev–Trinajstić information content (AvgIpc) is 3.24. The minimum atomic E-state index is -0.831. The van der Waals surface area contributed by atoms with Gasteiger partial charge in [-0.05, 0) is 19.1 Å². The molecule has 0 spiro atoms. The van der Waals surface area contributed by atoms with Crippen LogP contribution in [0, 0.1) is 11.6 Å². The van der Waals surface area contributed by atoms with Gasteiger partial charge in [-0.2, -0.15) is 0 Å². The molecule has 8 nitrogen and oxygen atoms in total. The van der Waals surface area contributed by atoms with Crippen LogP contribution in [0.5, 0.6) is 0 Å². The molecule has 2 aromatic heterocycles. The summed E-state index contributed by atoms with van der Waals surface area (Å²) in [7, 11) is 0. The van der Waals surface area contributed by atoms with Gasteiger partial charge in [-0.1, -0.05) is 0 Å². The molecule has 0 saturated carbocycles. The Balaban J connectivity index is 1.69. The van der Waals surface area contributed by atoms with E-state index in [1.54, 1.807) is 4.90 Å². The monoisotopic (exact) mass is 401 g/mol. The zero-order valence-corrected chi connectivity index (χ0v) is 15.4. The number of hydrogen-bond donors (Lipinski definition) is 2. The molecule has 2 N–H and O–H groups in total. The second-order valence-corrected chi connectivity index (χ2v) is 6.81. The van der Waals surface area contributed by atoms with Gasteiger partial charge in [-0.3, -0.25) is 19.5 Å². The molecule has 1 aromatic carbocycles. The van der Waals surface area contributed by atoms with Gasteiger partial charge in [-0.15, -0.1) is 0 Å². The largest absolute Gasteiger partial charge is 0.342 e. The predicted octanol–water partition coefficient (Wildman–Crippen LogP) is 1.89. The smallest absolute Gasteiger partial charge is 0.272 e. The molecule has 29 heavy (non-hydrogen) atoms. The second kappa shape index (κ2) is 7.12. The molecule has 1 saturated heterocycles. The van der Waals surface area contributed by atoms with Crippen LogP contribution in [-0.4, -0.2) is 44.4 Å². The number of likely N-dealkylation sites (tertiary alicyclic amines) is 1. The summed E-state index contributed by atoms with van der Waals surface area (Å²) in [5, 5.41) is 5.04. The van der Waals surface area contributed by atoms with Gasteiger partial charge in [0.05, 0.1) is 5.69 Å². The quantitative estimate of drug-likeness (QED) is 0.697. The number of halogens is 2. The Hall–Kier alpha value is -3.56. The fourth-order valence-electron chi connectivity index (χ4n) is 3.48. The summed E-state index contributed by atoms with van der Waals surface area (Å²) in [4.78, 5) is 43.2. The fourth-order valence-corrected chi connectivity index (χ4v) is 3.48. The molecule has 1 aliphatic rings. The number of anilines is 1. The van der Waals surface area contributed by atoms with Crippen molar-refractivity contribution in [2.24, 2.45) is 0 Å². The highest BCUT2D eigenvalue weighted by Crippen LogP contribution is 2.26. The van der Waals surface area contributed by atoms with Crippen molar-refractivity contribution >= 4 is 23.1 Å². The normalized spacial score (nSPS) is 16.6. The third-order valence-electron chi connectivity index (χ3n) is 4.90. The lowest BCUT2D eigenvalue weighted by molar-refractivity contribution is -0.127. The van der Waals surface area contributed by atoms with Crippen molar-refractivity contribution in [3.05, 3.63) is 63.7 Å². The Morgan fingerprint density at radius 2 is 1.97 bits per heavy atom. The first kappa shape index (κ1) is 18.8. The van der Waals surface area contributed by atoms with E-state index in [-0.39, 0.29) is 35.1 Å². The third-order valence-corrected chi connectivity index (χ3v) is 4.90. The van der Waals surface area contributed by atoms with E-state index in [2.05, 4.69) is 15.4 Å². The van der Waals surface area contributed by atoms with Crippen LogP contribution < -0.4 is 10.9 Å². The molecule has 1 aliphatic heterocycles. The lowest BCUT2D eigenvalue weighted by atomic mass is 10.0. The Labute approximate surface area is 163 Å². The number of hydrogen-bond acceptors (Lipinski definition) is 4. The van der Waals surface area contributed by atoms with Gasteiger partial charge in [0.1, 0.15) is 17.2 Å². The van der Waals surface area contributed by atoms with E-state index in [4.69, 9.17) is 0 Å². The van der Waals surface area contributed by atoms with Gasteiger partial charge in [0.15, 0.2) is 5.65 Å². The zero-order chi connectivity index (χ0) is 20.7. The highest BCUT2D eigenvalue weighted by atomic mass is 19.1. The number of likely N-dealkylation sites (N-methyl/N-ethyl adjacent to an activating group) is 1. The first-order chi connectivity index (χ1) is 13.9. The number of amides is 2. The molecule has 10 heteroatoms. The summed E-state index contributed by atoms with van der Waals surface area (Å²) < 4.78 is 27.8. The van der Waals surface area contributed by atoms with E-state index in [0.29, 0.717) is 24.8 Å². The summed E-state index contributed by atoms with van der Waals surface area (Å²) >= 11 is 0. The number of rotatable bonds is 4. The van der Waals surface area contributed by atoms with Crippen molar-refractivity contribution in [3.8, 4) is 0 Å². The minimum absolute atomic E-state index is 0.0142. The van der Waals surface area contributed by atoms with Crippen LogP contribution in [0.15, 0.2) is 35.3 Å². The number of benzene rings is 1. The van der Waals surface area contributed by atoms with Crippen LogP contribution in [0.3, 0.4) is 0 Å². The van der Waals surface area contributed by atoms with Crippen molar-refractivity contribution < 1.29 is 18.4 Å². The summed E-state index contributed by atoms with van der Waals surface area (Å²) in [6.07, 6.45) is 1.53. The lowest BCUT2D eigenvalue weighted by Crippen LogP contribution is -2.24. The van der Waals surface area contributed by atoms with E-state index in [9.17, 15) is 23.2 Å². The summed E-state index contributed by atoms with van der Waals surface area (Å²) in [6.45, 7) is 2.89. The van der Waals surface area contributed by atoms with E-state index >= 15 is 0 Å². The minimum Gasteiger partial charge on any atom is -0.342 e. The van der Waals surface area contributed by atoms with Gasteiger partial charge in [0.2, 0.25) is 5.91 Å². The number of H-pyrrole nitrogens is 1. The molecule has 2 amide bonds. The van der Waals surface area contributed by atoms with Gasteiger partial charge in [0.25, 0.3) is 11.5 Å². The molecule has 150 valence electrons. The summed E-state index contributed by atoms with van der Waals surface area (Å²) in [6, 6.07) is 3.98. The fraction of sp³-hybridized carbons (Fsp3) is 0.263. The lowest BCUT2D eigenvalue weighted by Gasteiger charge is -2.13. The van der Waals surface area contributed by atoms with Gasteiger partial charge < -0.3 is 10.2 Å². The average molecular weight is 401 g/mol. The number of fused-ring (bicyclic) bond motifs is 1. The SMILES string of the molecule is CCN1C[C@H](c2cc(=O)n3[nH]cc(C(=O)Nc4cc(F)cc(F)c4)c3n2)CC1=O. The number of aromatic nitrogens is 3. The molecular formula is C19H17F2N5O3. The Bertz CT molecular complexity index is 1170. The number of carbonyl (C=O) groups is 2. The van der Waals surface area contributed by atoms with Crippen molar-refractivity contribution in [1.82, 2.24) is 19.5 Å². The Morgan fingerprint density at radius 1 is 1.24 bits per heavy atom. The van der Waals surface area contributed by atoms with Crippen molar-refractivity contribution in [3.63, 3.8) is 0 Å². The van der Waals surface area contributed by atoms with Crippen LogP contribution in [0.1, 0.15) is 35.3 Å². The zero-order valence-electron chi connectivity index (χ0n) is 15.4. The van der Waals surface area contributed by atoms with Gasteiger partial charge >= 0.3 is 0 Å². The third kappa shape index (κ3) is 3.48. The maximum Gasteiger partial charge on any atom is 0.272 e. The topological polar surface area (TPSA) is 99.6 Å². The number of nitrogens with zero attached hydrogens (tertiary/aromatic N) is 3. The number of nitrogens with one attached hydrogen (secondary N) is 2. The predicted molar refractivity (Wildman–Crippen MR) is 99.7 cm³/mol. The molecule has 4 rings (SSSR count). The number of carbonyl (C=O) groups excluding carboxylic acids is 2. The maximum atomic E-state index is 13.4. The second-order valence-electron chi connectivity index (χ2n) is 6.81. The summed E-state index contributed by atoms with van der Waals surface area (Å²) in [5.74, 6) is -2.61. The van der Waals surface area contributed by atoms with Crippen LogP contribution in [-0.2, 0) is 4.79 Å². The van der Waals surface area contributed by atoms with Crippen molar-refractivity contribution in [2.45, 2.75) is 19.3 Å². The van der Waals surface area contributed by atoms with Crippen LogP contribution in [0.2, 0.25) is 0 Å². The van der Waals surface area contributed by atoms with Crippen LogP contribution in [0.4, 0.5) is 14.5 Å². The van der Waals surface area contributed by atoms with Gasteiger partial charge in [0, 0.05) is 49.4 Å². The van der Waals surface area contributed by atoms with Crippen LogP contribution in [0.25, 0.3) is 5.65 Å². The Kier molecular flexibility index (Phi) is 4.61. The standard InChI is InChI=1S/C19H17F2N5O3/c1-2-25-9-10(3-16(25)27)15-7-17(28)26-18(24-15)14(8-22-26)19(29)23-13-5-11(20)4-12(21)6-13/h4-8,10,22H,2-3,9H2,1H3,(H,23,29)/t10-/m1/s1. The van der Waals surface area contributed by atoms with E-state index in [0.717, 1.165) is 16.6 Å². The molecule has 0 unspecified atom stereocenters. The molecule has 0 radical (unpaired) electrons. The maximum absolute atomic E-state index is 13.4. The van der Waals surface area contributed by atoms with Crippen LogP contribution >= 0.6 is 0 Å². The van der Waals surface area contributed by atoms with Crippen molar-refractivity contribution in [2.75, 3.05) is 18.4 Å².